The first-order valence-electron chi connectivity index (χ1n) is 6.12. The standard InChI is InChI=1S/C14H22N2.2ClH/c1-14(2,3)12-7-5-4-6-11(12)13-10-15-8-9-16-13;;/h4-7,13,15-16H,8-10H2,1-3H3;2*1H. The van der Waals surface area contributed by atoms with Gasteiger partial charge in [0.15, 0.2) is 0 Å². The van der Waals surface area contributed by atoms with E-state index in [1.54, 1.807) is 0 Å². The lowest BCUT2D eigenvalue weighted by atomic mass is 9.81. The summed E-state index contributed by atoms with van der Waals surface area (Å²) in [6.45, 7) is 10.0. The molecule has 0 bridgehead atoms. The molecule has 1 saturated heterocycles. The molecule has 1 fully saturated rings. The second kappa shape index (κ2) is 7.34. The summed E-state index contributed by atoms with van der Waals surface area (Å²) < 4.78 is 0. The van der Waals surface area contributed by atoms with Crippen molar-refractivity contribution in [2.24, 2.45) is 0 Å². The van der Waals surface area contributed by atoms with Gasteiger partial charge in [-0.2, -0.15) is 0 Å². The van der Waals surface area contributed by atoms with Crippen LogP contribution >= 0.6 is 24.8 Å². The first-order valence-corrected chi connectivity index (χ1v) is 6.12. The SMILES string of the molecule is CC(C)(C)c1ccccc1C1CNCCN1.Cl.Cl. The quantitative estimate of drug-likeness (QED) is 0.831. The van der Waals surface area contributed by atoms with Gasteiger partial charge in [0.1, 0.15) is 0 Å². The normalized spacial score (nSPS) is 19.6. The zero-order valence-electron chi connectivity index (χ0n) is 11.3. The summed E-state index contributed by atoms with van der Waals surface area (Å²) in [5.74, 6) is 0. The van der Waals surface area contributed by atoms with Crippen LogP contribution in [0.3, 0.4) is 0 Å². The minimum atomic E-state index is 0. The molecule has 0 saturated carbocycles. The molecule has 104 valence electrons. The summed E-state index contributed by atoms with van der Waals surface area (Å²) in [5.41, 5.74) is 3.12. The second-order valence-corrected chi connectivity index (χ2v) is 5.55. The first kappa shape index (κ1) is 17.7. The average molecular weight is 291 g/mol. The molecule has 2 N–H and O–H groups in total. The number of hydrogen-bond donors (Lipinski definition) is 2. The molecule has 0 spiro atoms. The highest BCUT2D eigenvalue weighted by Crippen LogP contribution is 2.29. The van der Waals surface area contributed by atoms with Crippen molar-refractivity contribution >= 4 is 24.8 Å². The van der Waals surface area contributed by atoms with E-state index in [4.69, 9.17) is 0 Å². The van der Waals surface area contributed by atoms with Crippen molar-refractivity contribution < 1.29 is 0 Å². The molecular formula is C14H24Cl2N2. The van der Waals surface area contributed by atoms with Gasteiger partial charge < -0.3 is 10.6 Å². The maximum Gasteiger partial charge on any atom is 0.0450 e. The maximum atomic E-state index is 3.59. The number of rotatable bonds is 1. The Balaban J connectivity index is 0.00000144. The highest BCUT2D eigenvalue weighted by Gasteiger charge is 2.23. The Morgan fingerprint density at radius 2 is 1.72 bits per heavy atom. The number of nitrogens with one attached hydrogen (secondary N) is 2. The van der Waals surface area contributed by atoms with E-state index in [9.17, 15) is 0 Å². The minimum absolute atomic E-state index is 0. The van der Waals surface area contributed by atoms with Gasteiger partial charge >= 0.3 is 0 Å². The summed E-state index contributed by atoms with van der Waals surface area (Å²) in [4.78, 5) is 0. The molecule has 1 unspecified atom stereocenters. The van der Waals surface area contributed by atoms with E-state index >= 15 is 0 Å². The van der Waals surface area contributed by atoms with Gasteiger partial charge in [-0.05, 0) is 16.5 Å². The molecule has 2 rings (SSSR count). The fourth-order valence-corrected chi connectivity index (χ4v) is 2.36. The van der Waals surface area contributed by atoms with E-state index in [2.05, 4.69) is 55.7 Å². The fraction of sp³-hybridized carbons (Fsp3) is 0.571. The minimum Gasteiger partial charge on any atom is -0.314 e. The van der Waals surface area contributed by atoms with Crippen molar-refractivity contribution in [2.75, 3.05) is 19.6 Å². The average Bonchev–Trinajstić information content (AvgIpc) is 2.29. The Morgan fingerprint density at radius 3 is 2.28 bits per heavy atom. The van der Waals surface area contributed by atoms with E-state index in [-0.39, 0.29) is 30.2 Å². The van der Waals surface area contributed by atoms with E-state index in [1.807, 2.05) is 0 Å². The number of halogens is 2. The number of benzene rings is 1. The van der Waals surface area contributed by atoms with E-state index < -0.39 is 0 Å². The summed E-state index contributed by atoms with van der Waals surface area (Å²) in [6.07, 6.45) is 0. The van der Waals surface area contributed by atoms with Gasteiger partial charge in [0.2, 0.25) is 0 Å². The highest BCUT2D eigenvalue weighted by molar-refractivity contribution is 5.85. The van der Waals surface area contributed by atoms with Gasteiger partial charge in [-0.25, -0.2) is 0 Å². The predicted octanol–water partition coefficient (Wildman–Crippen LogP) is 3.06. The van der Waals surface area contributed by atoms with Crippen LogP contribution in [0.15, 0.2) is 24.3 Å². The van der Waals surface area contributed by atoms with Crippen LogP contribution in [0.1, 0.15) is 37.9 Å². The molecular weight excluding hydrogens is 267 g/mol. The van der Waals surface area contributed by atoms with E-state index in [1.165, 1.54) is 11.1 Å². The highest BCUT2D eigenvalue weighted by atomic mass is 35.5. The molecule has 2 nitrogen and oxygen atoms in total. The molecule has 0 aliphatic carbocycles. The van der Waals surface area contributed by atoms with E-state index in [0.717, 1.165) is 19.6 Å². The topological polar surface area (TPSA) is 24.1 Å². The smallest absolute Gasteiger partial charge is 0.0450 e. The van der Waals surface area contributed by atoms with Crippen molar-refractivity contribution in [2.45, 2.75) is 32.2 Å². The van der Waals surface area contributed by atoms with Crippen molar-refractivity contribution in [1.29, 1.82) is 0 Å². The lowest BCUT2D eigenvalue weighted by Crippen LogP contribution is -2.43. The van der Waals surface area contributed by atoms with Crippen LogP contribution < -0.4 is 10.6 Å². The molecule has 0 radical (unpaired) electrons. The van der Waals surface area contributed by atoms with Crippen LogP contribution in [0.25, 0.3) is 0 Å². The predicted molar refractivity (Wildman–Crippen MR) is 83.3 cm³/mol. The fourth-order valence-electron chi connectivity index (χ4n) is 2.36. The van der Waals surface area contributed by atoms with Crippen molar-refractivity contribution in [3.63, 3.8) is 0 Å². The third-order valence-corrected chi connectivity index (χ3v) is 3.19. The van der Waals surface area contributed by atoms with Crippen LogP contribution in [-0.4, -0.2) is 19.6 Å². The third kappa shape index (κ3) is 4.13. The van der Waals surface area contributed by atoms with Gasteiger partial charge in [0, 0.05) is 25.7 Å². The number of piperazine rings is 1. The second-order valence-electron chi connectivity index (χ2n) is 5.55. The summed E-state index contributed by atoms with van der Waals surface area (Å²) in [5, 5.41) is 7.03. The zero-order chi connectivity index (χ0) is 11.6. The van der Waals surface area contributed by atoms with Crippen molar-refractivity contribution in [1.82, 2.24) is 10.6 Å². The third-order valence-electron chi connectivity index (χ3n) is 3.19. The Morgan fingerprint density at radius 1 is 1.06 bits per heavy atom. The largest absolute Gasteiger partial charge is 0.314 e. The van der Waals surface area contributed by atoms with Gasteiger partial charge in [-0.1, -0.05) is 45.0 Å². The molecule has 1 aliphatic rings. The zero-order valence-corrected chi connectivity index (χ0v) is 13.0. The van der Waals surface area contributed by atoms with Crippen molar-refractivity contribution in [3.8, 4) is 0 Å². The van der Waals surface area contributed by atoms with Gasteiger partial charge in [0.05, 0.1) is 0 Å². The maximum absolute atomic E-state index is 3.59. The van der Waals surface area contributed by atoms with Crippen LogP contribution in [0.2, 0.25) is 0 Å². The van der Waals surface area contributed by atoms with Crippen LogP contribution in [0, 0.1) is 0 Å². The lowest BCUT2D eigenvalue weighted by molar-refractivity contribution is 0.422. The van der Waals surface area contributed by atoms with Crippen LogP contribution in [-0.2, 0) is 5.41 Å². The van der Waals surface area contributed by atoms with Gasteiger partial charge in [-0.3, -0.25) is 0 Å². The first-order chi connectivity index (χ1) is 7.59. The molecule has 0 aromatic heterocycles. The number of hydrogen-bond acceptors (Lipinski definition) is 2. The molecule has 1 heterocycles. The van der Waals surface area contributed by atoms with Crippen LogP contribution in [0.5, 0.6) is 0 Å². The summed E-state index contributed by atoms with van der Waals surface area (Å²) in [6, 6.07) is 9.25. The molecule has 1 aromatic rings. The summed E-state index contributed by atoms with van der Waals surface area (Å²) in [7, 11) is 0. The van der Waals surface area contributed by atoms with E-state index in [0.29, 0.717) is 6.04 Å². The molecule has 1 aliphatic heterocycles. The Hall–Kier alpha value is -0.280. The molecule has 4 heteroatoms. The Bertz CT molecular complexity index is 355. The molecule has 0 amide bonds. The van der Waals surface area contributed by atoms with Crippen LogP contribution in [0.4, 0.5) is 0 Å². The van der Waals surface area contributed by atoms with Gasteiger partial charge in [0.25, 0.3) is 0 Å². The summed E-state index contributed by atoms with van der Waals surface area (Å²) >= 11 is 0. The molecule has 1 atom stereocenters. The van der Waals surface area contributed by atoms with Crippen molar-refractivity contribution in [3.05, 3.63) is 35.4 Å². The lowest BCUT2D eigenvalue weighted by Gasteiger charge is -2.30. The Kier molecular flexibility index (Phi) is 7.23. The molecule has 18 heavy (non-hydrogen) atoms. The monoisotopic (exact) mass is 290 g/mol. The Labute approximate surface area is 123 Å². The van der Waals surface area contributed by atoms with Gasteiger partial charge in [-0.15, -0.1) is 24.8 Å². The molecule has 1 aromatic carbocycles.